The first-order chi connectivity index (χ1) is 8.63. The van der Waals surface area contributed by atoms with Crippen LogP contribution in [0.15, 0.2) is 24.4 Å². The minimum Gasteiger partial charge on any atom is -0.368 e. The summed E-state index contributed by atoms with van der Waals surface area (Å²) in [5, 5.41) is 5.90. The molecule has 1 aliphatic rings. The maximum atomic E-state index is 12.0. The SMILES string of the molecule is Cc1ccc2c(c1)Nc1nc(N)ncc1C(=O)N2. The molecule has 0 atom stereocenters. The van der Waals surface area contributed by atoms with Gasteiger partial charge in [0.05, 0.1) is 11.4 Å². The summed E-state index contributed by atoms with van der Waals surface area (Å²) in [6.45, 7) is 1.98. The number of rotatable bonds is 0. The smallest absolute Gasteiger partial charge is 0.261 e. The number of nitrogen functional groups attached to an aromatic ring is 1. The van der Waals surface area contributed by atoms with Crippen LogP contribution in [-0.4, -0.2) is 15.9 Å². The number of carbonyl (C=O) groups is 1. The van der Waals surface area contributed by atoms with Crippen molar-refractivity contribution in [2.45, 2.75) is 6.92 Å². The van der Waals surface area contributed by atoms with E-state index in [0.717, 1.165) is 11.3 Å². The quantitative estimate of drug-likeness (QED) is 0.652. The van der Waals surface area contributed by atoms with Gasteiger partial charge in [-0.25, -0.2) is 4.98 Å². The molecule has 1 aliphatic heterocycles. The summed E-state index contributed by atoms with van der Waals surface area (Å²) in [6.07, 6.45) is 1.42. The Labute approximate surface area is 103 Å². The van der Waals surface area contributed by atoms with Crippen LogP contribution < -0.4 is 16.4 Å². The molecule has 4 N–H and O–H groups in total. The molecule has 0 radical (unpaired) electrons. The van der Waals surface area contributed by atoms with Crippen LogP contribution in [0.4, 0.5) is 23.1 Å². The van der Waals surface area contributed by atoms with Crippen molar-refractivity contribution in [2.75, 3.05) is 16.4 Å². The number of nitrogens with one attached hydrogen (secondary N) is 2. The molecule has 0 saturated heterocycles. The number of carbonyl (C=O) groups excluding carboxylic acids is 1. The van der Waals surface area contributed by atoms with Crippen LogP contribution in [0.2, 0.25) is 0 Å². The van der Waals surface area contributed by atoms with Crippen LogP contribution >= 0.6 is 0 Å². The van der Waals surface area contributed by atoms with E-state index >= 15 is 0 Å². The fourth-order valence-electron chi connectivity index (χ4n) is 1.84. The van der Waals surface area contributed by atoms with Crippen molar-refractivity contribution in [2.24, 2.45) is 0 Å². The molecule has 2 aromatic rings. The summed E-state index contributed by atoms with van der Waals surface area (Å²) in [5.74, 6) is 0.301. The third-order valence-electron chi connectivity index (χ3n) is 2.73. The molecule has 2 heterocycles. The number of hydrogen-bond donors (Lipinski definition) is 3. The Hall–Kier alpha value is -2.63. The largest absolute Gasteiger partial charge is 0.368 e. The second-order valence-corrected chi connectivity index (χ2v) is 4.12. The van der Waals surface area contributed by atoms with Gasteiger partial charge in [-0.15, -0.1) is 0 Å². The molecule has 1 aromatic heterocycles. The topological polar surface area (TPSA) is 92.9 Å². The Morgan fingerprint density at radius 1 is 1.22 bits per heavy atom. The van der Waals surface area contributed by atoms with Gasteiger partial charge < -0.3 is 16.4 Å². The zero-order valence-electron chi connectivity index (χ0n) is 9.69. The Balaban J connectivity index is 2.18. The highest BCUT2D eigenvalue weighted by molar-refractivity contribution is 6.11. The van der Waals surface area contributed by atoms with Crippen LogP contribution in [0.5, 0.6) is 0 Å². The standard InChI is InChI=1S/C12H11N5O/c1-6-2-3-8-9(4-6)15-10-7(11(18)16-8)5-14-12(13)17-10/h2-5H,1H3,(H,16,18)(H3,13,14,15,17). The van der Waals surface area contributed by atoms with E-state index in [9.17, 15) is 4.79 Å². The summed E-state index contributed by atoms with van der Waals surface area (Å²) >= 11 is 0. The maximum Gasteiger partial charge on any atom is 0.261 e. The molecule has 0 bridgehead atoms. The number of fused-ring (bicyclic) bond motifs is 2. The highest BCUT2D eigenvalue weighted by Gasteiger charge is 2.20. The van der Waals surface area contributed by atoms with Gasteiger partial charge in [0, 0.05) is 6.20 Å². The molecule has 6 heteroatoms. The molecular weight excluding hydrogens is 230 g/mol. The lowest BCUT2D eigenvalue weighted by Crippen LogP contribution is -2.12. The van der Waals surface area contributed by atoms with E-state index in [1.807, 2.05) is 25.1 Å². The second-order valence-electron chi connectivity index (χ2n) is 4.12. The van der Waals surface area contributed by atoms with Crippen LogP contribution in [0.25, 0.3) is 0 Å². The second kappa shape index (κ2) is 3.69. The van der Waals surface area contributed by atoms with Gasteiger partial charge in [-0.1, -0.05) is 6.07 Å². The fraction of sp³-hybridized carbons (Fsp3) is 0.0833. The zero-order valence-corrected chi connectivity index (χ0v) is 9.69. The van der Waals surface area contributed by atoms with E-state index in [1.165, 1.54) is 6.20 Å². The van der Waals surface area contributed by atoms with Gasteiger partial charge in [-0.2, -0.15) is 4.98 Å². The summed E-state index contributed by atoms with van der Waals surface area (Å²) in [7, 11) is 0. The highest BCUT2D eigenvalue weighted by atomic mass is 16.1. The van der Waals surface area contributed by atoms with Gasteiger partial charge in [0.25, 0.3) is 5.91 Å². The van der Waals surface area contributed by atoms with Crippen molar-refractivity contribution in [3.05, 3.63) is 35.5 Å². The Kier molecular flexibility index (Phi) is 2.16. The highest BCUT2D eigenvalue weighted by Crippen LogP contribution is 2.31. The van der Waals surface area contributed by atoms with E-state index in [-0.39, 0.29) is 11.9 Å². The fourth-order valence-corrected chi connectivity index (χ4v) is 1.84. The first-order valence-electron chi connectivity index (χ1n) is 5.45. The van der Waals surface area contributed by atoms with E-state index in [1.54, 1.807) is 0 Å². The molecule has 0 unspecified atom stereocenters. The first kappa shape index (κ1) is 10.5. The minimum atomic E-state index is -0.250. The Morgan fingerprint density at radius 3 is 2.89 bits per heavy atom. The van der Waals surface area contributed by atoms with E-state index in [4.69, 9.17) is 5.73 Å². The number of nitrogens with two attached hydrogens (primary N) is 1. The maximum absolute atomic E-state index is 12.0. The monoisotopic (exact) mass is 241 g/mol. The number of benzene rings is 1. The Morgan fingerprint density at radius 2 is 2.06 bits per heavy atom. The van der Waals surface area contributed by atoms with Crippen LogP contribution in [0.3, 0.4) is 0 Å². The molecule has 18 heavy (non-hydrogen) atoms. The average molecular weight is 241 g/mol. The van der Waals surface area contributed by atoms with Gasteiger partial charge in [0.2, 0.25) is 5.95 Å². The summed E-state index contributed by atoms with van der Waals surface area (Å²) in [6, 6.07) is 5.71. The van der Waals surface area contributed by atoms with Gasteiger partial charge in [0.15, 0.2) is 0 Å². The third-order valence-corrected chi connectivity index (χ3v) is 2.73. The number of nitrogens with zero attached hydrogens (tertiary/aromatic N) is 2. The molecule has 0 spiro atoms. The molecule has 0 aliphatic carbocycles. The molecular formula is C12H11N5O. The van der Waals surface area contributed by atoms with Gasteiger partial charge >= 0.3 is 0 Å². The number of amides is 1. The third kappa shape index (κ3) is 1.64. The van der Waals surface area contributed by atoms with Gasteiger partial charge in [-0.05, 0) is 24.6 Å². The zero-order chi connectivity index (χ0) is 12.7. The predicted octanol–water partition coefficient (Wildman–Crippen LogP) is 1.68. The number of aromatic nitrogens is 2. The van der Waals surface area contributed by atoms with E-state index in [2.05, 4.69) is 20.6 Å². The van der Waals surface area contributed by atoms with Crippen molar-refractivity contribution in [3.8, 4) is 0 Å². The lowest BCUT2D eigenvalue weighted by Gasteiger charge is -2.08. The van der Waals surface area contributed by atoms with Crippen molar-refractivity contribution < 1.29 is 4.79 Å². The number of hydrogen-bond acceptors (Lipinski definition) is 5. The molecule has 6 nitrogen and oxygen atoms in total. The van der Waals surface area contributed by atoms with Crippen molar-refractivity contribution in [1.29, 1.82) is 0 Å². The normalized spacial score (nSPS) is 12.8. The molecule has 0 saturated carbocycles. The molecule has 1 aromatic carbocycles. The van der Waals surface area contributed by atoms with Crippen LogP contribution in [-0.2, 0) is 0 Å². The molecule has 90 valence electrons. The summed E-state index contributed by atoms with van der Waals surface area (Å²) < 4.78 is 0. The predicted molar refractivity (Wildman–Crippen MR) is 68.9 cm³/mol. The van der Waals surface area contributed by atoms with E-state index in [0.29, 0.717) is 17.1 Å². The van der Waals surface area contributed by atoms with Crippen molar-refractivity contribution in [1.82, 2.24) is 9.97 Å². The van der Waals surface area contributed by atoms with E-state index < -0.39 is 0 Å². The number of anilines is 4. The van der Waals surface area contributed by atoms with Crippen molar-refractivity contribution >= 4 is 29.0 Å². The summed E-state index contributed by atoms with van der Waals surface area (Å²) in [5.41, 5.74) is 8.49. The molecule has 3 rings (SSSR count). The Bertz CT molecular complexity index is 653. The molecule has 0 fully saturated rings. The lowest BCUT2D eigenvalue weighted by atomic mass is 10.2. The first-order valence-corrected chi connectivity index (χ1v) is 5.45. The van der Waals surface area contributed by atoms with Crippen LogP contribution in [0.1, 0.15) is 15.9 Å². The lowest BCUT2D eigenvalue weighted by molar-refractivity contribution is 0.102. The van der Waals surface area contributed by atoms with Gasteiger partial charge in [-0.3, -0.25) is 4.79 Å². The summed E-state index contributed by atoms with van der Waals surface area (Å²) in [4.78, 5) is 19.9. The molecule has 1 amide bonds. The number of aryl methyl sites for hydroxylation is 1. The minimum absolute atomic E-state index is 0.130. The van der Waals surface area contributed by atoms with Crippen LogP contribution in [0, 0.1) is 6.92 Å². The van der Waals surface area contributed by atoms with Crippen molar-refractivity contribution in [3.63, 3.8) is 0 Å². The average Bonchev–Trinajstić information content (AvgIpc) is 2.44. The van der Waals surface area contributed by atoms with Gasteiger partial charge in [0.1, 0.15) is 11.4 Å².